The summed E-state index contributed by atoms with van der Waals surface area (Å²) in [6.07, 6.45) is 1.23. The third-order valence-corrected chi connectivity index (χ3v) is 8.09. The Hall–Kier alpha value is -5.05. The van der Waals surface area contributed by atoms with Gasteiger partial charge < -0.3 is 18.9 Å². The van der Waals surface area contributed by atoms with Crippen LogP contribution in [0, 0.1) is 0 Å². The van der Waals surface area contributed by atoms with Crippen LogP contribution in [0.5, 0.6) is 5.75 Å². The molecule has 208 valence electrons. The highest BCUT2D eigenvalue weighted by molar-refractivity contribution is 6.38. The van der Waals surface area contributed by atoms with Gasteiger partial charge >= 0.3 is 6.09 Å². The molecule has 6 rings (SSSR count). The number of imide groups is 1. The van der Waals surface area contributed by atoms with Crippen molar-refractivity contribution in [2.45, 2.75) is 12.1 Å². The summed E-state index contributed by atoms with van der Waals surface area (Å²) in [5.41, 5.74) is 3.01. The molecule has 3 heterocycles. The summed E-state index contributed by atoms with van der Waals surface area (Å²) in [7, 11) is 7.00. The third kappa shape index (κ3) is 4.04. The zero-order chi connectivity index (χ0) is 28.9. The number of methoxy groups -OCH3 is 1. The number of anilines is 1. The number of aromatic nitrogens is 1. The normalized spacial score (nSPS) is 18.1. The monoisotopic (exact) mass is 550 g/mol. The largest absolute Gasteiger partial charge is 0.497 e. The van der Waals surface area contributed by atoms with Gasteiger partial charge in [0.05, 0.1) is 23.8 Å². The Morgan fingerprint density at radius 1 is 1.00 bits per heavy atom. The molecule has 1 atom stereocenters. The summed E-state index contributed by atoms with van der Waals surface area (Å²) in [4.78, 5) is 44.6. The highest BCUT2D eigenvalue weighted by atomic mass is 16.6. The second kappa shape index (κ2) is 9.85. The number of hydrogen-bond donors (Lipinski definition) is 1. The Bertz CT molecular complexity index is 1740. The second-order valence-electron chi connectivity index (χ2n) is 10.4. The molecule has 0 aliphatic carbocycles. The van der Waals surface area contributed by atoms with Crippen LogP contribution in [0.1, 0.15) is 16.7 Å². The average Bonchev–Trinajstić information content (AvgIpc) is 3.59. The SMILES string of the molecule is COc1ccc2c(C3=C(C4(N(C)C(=O)OCc5ccccc5)CN(C)c5ccccc54)C(=O)NC3=O)cn(C)c2c1. The number of nitrogens with one attached hydrogen (secondary N) is 1. The van der Waals surface area contributed by atoms with E-state index >= 15 is 0 Å². The van der Waals surface area contributed by atoms with Crippen LogP contribution in [0.2, 0.25) is 0 Å². The van der Waals surface area contributed by atoms with Crippen LogP contribution >= 0.6 is 0 Å². The number of likely N-dealkylation sites (N-methyl/N-ethyl adjacent to an activating group) is 2. The van der Waals surface area contributed by atoms with Gasteiger partial charge in [-0.1, -0.05) is 48.5 Å². The van der Waals surface area contributed by atoms with Crippen LogP contribution in [-0.4, -0.2) is 55.1 Å². The number of nitrogens with zero attached hydrogens (tertiary/aromatic N) is 3. The number of carbonyl (C=O) groups is 3. The van der Waals surface area contributed by atoms with E-state index in [1.165, 1.54) is 4.90 Å². The molecule has 9 nitrogen and oxygen atoms in total. The maximum absolute atomic E-state index is 13.8. The lowest BCUT2D eigenvalue weighted by atomic mass is 9.79. The second-order valence-corrected chi connectivity index (χ2v) is 10.4. The number of para-hydroxylation sites is 1. The molecule has 2 aliphatic heterocycles. The molecule has 0 spiro atoms. The lowest BCUT2D eigenvalue weighted by molar-refractivity contribution is -0.124. The van der Waals surface area contributed by atoms with E-state index in [1.54, 1.807) is 14.2 Å². The van der Waals surface area contributed by atoms with E-state index in [-0.39, 0.29) is 24.3 Å². The van der Waals surface area contributed by atoms with E-state index in [0.29, 0.717) is 11.3 Å². The first kappa shape index (κ1) is 26.2. The third-order valence-electron chi connectivity index (χ3n) is 8.09. The number of aryl methyl sites for hydroxylation is 1. The van der Waals surface area contributed by atoms with Crippen LogP contribution in [-0.2, 0) is 33.5 Å². The van der Waals surface area contributed by atoms with Crippen LogP contribution in [0.15, 0.2) is 84.6 Å². The summed E-state index contributed by atoms with van der Waals surface area (Å²) in [6, 6.07) is 22.6. The first-order valence-corrected chi connectivity index (χ1v) is 13.2. The summed E-state index contributed by atoms with van der Waals surface area (Å²) >= 11 is 0. The lowest BCUT2D eigenvalue weighted by Gasteiger charge is -2.39. The molecule has 1 unspecified atom stereocenters. The zero-order valence-corrected chi connectivity index (χ0v) is 23.3. The number of rotatable bonds is 6. The van der Waals surface area contributed by atoms with Crippen LogP contribution in [0.3, 0.4) is 0 Å². The fourth-order valence-electron chi connectivity index (χ4n) is 6.11. The van der Waals surface area contributed by atoms with Crippen molar-refractivity contribution >= 4 is 40.1 Å². The first-order chi connectivity index (χ1) is 19.8. The van der Waals surface area contributed by atoms with E-state index in [0.717, 1.165) is 27.7 Å². The maximum atomic E-state index is 13.8. The maximum Gasteiger partial charge on any atom is 0.410 e. The number of amides is 3. The minimum absolute atomic E-state index is 0.0692. The van der Waals surface area contributed by atoms with Crippen molar-refractivity contribution in [3.8, 4) is 5.75 Å². The Morgan fingerprint density at radius 3 is 2.49 bits per heavy atom. The van der Waals surface area contributed by atoms with Gasteiger partial charge in [0.1, 0.15) is 17.9 Å². The van der Waals surface area contributed by atoms with Crippen LogP contribution in [0.25, 0.3) is 16.5 Å². The summed E-state index contributed by atoms with van der Waals surface area (Å²) in [5.74, 6) is -0.371. The van der Waals surface area contributed by atoms with Crippen LogP contribution in [0.4, 0.5) is 10.5 Å². The number of fused-ring (bicyclic) bond motifs is 2. The van der Waals surface area contributed by atoms with Gasteiger partial charge in [-0.15, -0.1) is 0 Å². The molecule has 0 saturated heterocycles. The van der Waals surface area contributed by atoms with E-state index < -0.39 is 23.4 Å². The first-order valence-electron chi connectivity index (χ1n) is 13.2. The average molecular weight is 551 g/mol. The summed E-state index contributed by atoms with van der Waals surface area (Å²) < 4.78 is 13.1. The lowest BCUT2D eigenvalue weighted by Crippen LogP contribution is -2.53. The van der Waals surface area contributed by atoms with Gasteiger partial charge in [-0.2, -0.15) is 0 Å². The molecule has 41 heavy (non-hydrogen) atoms. The van der Waals surface area contributed by atoms with Gasteiger partial charge in [0.15, 0.2) is 0 Å². The standard InChI is InChI=1S/C32H30N4O5/c1-34-17-23(22-15-14-21(40-4)16-26(22)34)27-28(30(38)33-29(27)37)32(19-35(2)25-13-9-8-12-24(25)32)36(3)31(39)41-18-20-10-6-5-7-11-20/h5-17H,18-19H2,1-4H3,(H,33,37,38). The van der Waals surface area contributed by atoms with E-state index in [2.05, 4.69) is 5.32 Å². The Balaban J connectivity index is 1.56. The Morgan fingerprint density at radius 2 is 1.73 bits per heavy atom. The molecule has 1 N–H and O–H groups in total. The molecule has 9 heteroatoms. The van der Waals surface area contributed by atoms with Gasteiger partial charge in [-0.25, -0.2) is 4.79 Å². The van der Waals surface area contributed by atoms with Crippen LogP contribution < -0.4 is 15.0 Å². The molecule has 3 amide bonds. The number of hydrogen-bond acceptors (Lipinski definition) is 6. The van der Waals surface area contributed by atoms with E-state index in [4.69, 9.17) is 9.47 Å². The molecule has 0 fully saturated rings. The van der Waals surface area contributed by atoms with Gasteiger partial charge in [-0.3, -0.25) is 19.8 Å². The predicted octanol–water partition coefficient (Wildman–Crippen LogP) is 4.21. The molecular formula is C32H30N4O5. The molecule has 0 saturated carbocycles. The van der Waals surface area contributed by atoms with Crippen molar-refractivity contribution < 1.29 is 23.9 Å². The summed E-state index contributed by atoms with van der Waals surface area (Å²) in [5, 5.41) is 3.31. The van der Waals surface area contributed by atoms with Gasteiger partial charge in [0.2, 0.25) is 0 Å². The van der Waals surface area contributed by atoms with Crippen molar-refractivity contribution in [1.29, 1.82) is 0 Å². The quantitative estimate of drug-likeness (QED) is 0.362. The number of benzene rings is 3. The summed E-state index contributed by atoms with van der Waals surface area (Å²) in [6.45, 7) is 0.321. The fraction of sp³-hybridized carbons (Fsp3) is 0.219. The molecule has 2 aliphatic rings. The van der Waals surface area contributed by atoms with Gasteiger partial charge in [0, 0.05) is 62.2 Å². The Labute approximate surface area is 237 Å². The van der Waals surface area contributed by atoms with E-state index in [1.807, 2.05) is 103 Å². The predicted molar refractivity (Wildman–Crippen MR) is 155 cm³/mol. The minimum Gasteiger partial charge on any atom is -0.497 e. The topological polar surface area (TPSA) is 93.1 Å². The van der Waals surface area contributed by atoms with E-state index in [9.17, 15) is 14.4 Å². The molecule has 0 bridgehead atoms. The van der Waals surface area contributed by atoms with Crippen molar-refractivity contribution in [2.75, 3.05) is 32.6 Å². The number of carbonyl (C=O) groups excluding carboxylic acids is 3. The Kier molecular flexibility index (Phi) is 6.29. The highest BCUT2D eigenvalue weighted by Crippen LogP contribution is 2.50. The zero-order valence-electron chi connectivity index (χ0n) is 23.3. The minimum atomic E-state index is -1.31. The molecule has 4 aromatic rings. The van der Waals surface area contributed by atoms with Crippen molar-refractivity contribution in [1.82, 2.24) is 14.8 Å². The smallest absolute Gasteiger partial charge is 0.410 e. The molecule has 1 aromatic heterocycles. The molecule has 3 aromatic carbocycles. The van der Waals surface area contributed by atoms with Gasteiger partial charge in [0.25, 0.3) is 11.8 Å². The van der Waals surface area contributed by atoms with Crippen molar-refractivity contribution in [3.05, 3.63) is 101 Å². The molecule has 0 radical (unpaired) electrons. The number of ether oxygens (including phenoxy) is 2. The van der Waals surface area contributed by atoms with Crippen molar-refractivity contribution in [3.63, 3.8) is 0 Å². The highest BCUT2D eigenvalue weighted by Gasteiger charge is 2.56. The van der Waals surface area contributed by atoms with Crippen molar-refractivity contribution in [2.24, 2.45) is 7.05 Å². The van der Waals surface area contributed by atoms with Gasteiger partial charge in [-0.05, 0) is 23.8 Å². The fourth-order valence-corrected chi connectivity index (χ4v) is 6.11. The molecular weight excluding hydrogens is 520 g/mol.